The lowest BCUT2D eigenvalue weighted by Gasteiger charge is -2.07. The Kier molecular flexibility index (Phi) is 4.47. The second kappa shape index (κ2) is 6.87. The van der Waals surface area contributed by atoms with Crippen molar-refractivity contribution in [2.45, 2.75) is 12.8 Å². The molecule has 5 heteroatoms. The summed E-state index contributed by atoms with van der Waals surface area (Å²) in [4.78, 5) is 12.0. The zero-order valence-corrected chi connectivity index (χ0v) is 12.4. The summed E-state index contributed by atoms with van der Waals surface area (Å²) in [5.41, 5.74) is 2.18. The standard InChI is InChI=1S/C18H16FN3O/c19-17-5-2-1-4-14(17)6-11-18(23)21-15-7-9-16(10-8-15)22-13-3-12-20-22/h1-5,7-10,12-13H,6,11H2,(H,21,23). The number of aryl methyl sites for hydroxylation is 1. The Hall–Kier alpha value is -2.95. The molecule has 23 heavy (non-hydrogen) atoms. The maximum Gasteiger partial charge on any atom is 0.224 e. The first kappa shape index (κ1) is 15.0. The van der Waals surface area contributed by atoms with Crippen LogP contribution in [0, 0.1) is 5.82 Å². The summed E-state index contributed by atoms with van der Waals surface area (Å²) < 4.78 is 15.2. The average Bonchev–Trinajstić information content (AvgIpc) is 3.09. The largest absolute Gasteiger partial charge is 0.326 e. The Bertz CT molecular complexity index is 782. The second-order valence-electron chi connectivity index (χ2n) is 5.14. The van der Waals surface area contributed by atoms with Gasteiger partial charge in [0, 0.05) is 24.5 Å². The summed E-state index contributed by atoms with van der Waals surface area (Å²) in [7, 11) is 0. The zero-order chi connectivity index (χ0) is 16.1. The predicted molar refractivity (Wildman–Crippen MR) is 86.9 cm³/mol. The number of hydrogen-bond donors (Lipinski definition) is 1. The molecule has 0 radical (unpaired) electrons. The van der Waals surface area contributed by atoms with E-state index in [0.717, 1.165) is 5.69 Å². The van der Waals surface area contributed by atoms with E-state index in [2.05, 4.69) is 10.4 Å². The predicted octanol–water partition coefficient (Wildman–Crippen LogP) is 3.58. The molecule has 0 fully saturated rings. The van der Waals surface area contributed by atoms with Crippen molar-refractivity contribution < 1.29 is 9.18 Å². The van der Waals surface area contributed by atoms with Gasteiger partial charge in [0.1, 0.15) is 5.82 Å². The third-order valence-corrected chi connectivity index (χ3v) is 3.50. The highest BCUT2D eigenvalue weighted by atomic mass is 19.1. The Labute approximate surface area is 133 Å². The van der Waals surface area contributed by atoms with Crippen molar-refractivity contribution in [3.8, 4) is 5.69 Å². The number of carbonyl (C=O) groups excluding carboxylic acids is 1. The minimum absolute atomic E-state index is 0.139. The van der Waals surface area contributed by atoms with Crippen LogP contribution in [0.3, 0.4) is 0 Å². The summed E-state index contributed by atoms with van der Waals surface area (Å²) in [6.07, 6.45) is 4.17. The number of anilines is 1. The van der Waals surface area contributed by atoms with E-state index in [1.807, 2.05) is 36.5 Å². The minimum Gasteiger partial charge on any atom is -0.326 e. The lowest BCUT2D eigenvalue weighted by atomic mass is 10.1. The maximum absolute atomic E-state index is 13.5. The summed E-state index contributed by atoms with van der Waals surface area (Å²) in [5, 5.41) is 6.96. The van der Waals surface area contributed by atoms with Gasteiger partial charge < -0.3 is 5.32 Å². The highest BCUT2D eigenvalue weighted by Crippen LogP contribution is 2.14. The van der Waals surface area contributed by atoms with Gasteiger partial charge in [-0.15, -0.1) is 0 Å². The normalized spacial score (nSPS) is 10.5. The van der Waals surface area contributed by atoms with Crippen LogP contribution >= 0.6 is 0 Å². The number of benzene rings is 2. The monoisotopic (exact) mass is 309 g/mol. The van der Waals surface area contributed by atoms with E-state index < -0.39 is 0 Å². The number of aromatic nitrogens is 2. The summed E-state index contributed by atoms with van der Waals surface area (Å²) in [5.74, 6) is -0.413. The Morgan fingerprint density at radius 3 is 2.57 bits per heavy atom. The van der Waals surface area contributed by atoms with Crippen LogP contribution in [0.1, 0.15) is 12.0 Å². The number of amides is 1. The quantitative estimate of drug-likeness (QED) is 0.783. The molecule has 3 aromatic rings. The van der Waals surface area contributed by atoms with Gasteiger partial charge in [-0.3, -0.25) is 4.79 Å². The van der Waals surface area contributed by atoms with Crippen molar-refractivity contribution in [1.82, 2.24) is 9.78 Å². The van der Waals surface area contributed by atoms with Crippen molar-refractivity contribution in [3.63, 3.8) is 0 Å². The van der Waals surface area contributed by atoms with Crippen LogP contribution in [-0.2, 0) is 11.2 Å². The Morgan fingerprint density at radius 2 is 1.87 bits per heavy atom. The molecule has 0 aliphatic heterocycles. The molecule has 0 aliphatic rings. The lowest BCUT2D eigenvalue weighted by Crippen LogP contribution is -2.12. The first-order chi connectivity index (χ1) is 11.2. The molecule has 0 saturated heterocycles. The van der Waals surface area contributed by atoms with Crippen LogP contribution in [0.5, 0.6) is 0 Å². The fourth-order valence-corrected chi connectivity index (χ4v) is 2.29. The van der Waals surface area contributed by atoms with Crippen molar-refractivity contribution in [2.75, 3.05) is 5.32 Å². The van der Waals surface area contributed by atoms with Gasteiger partial charge >= 0.3 is 0 Å². The van der Waals surface area contributed by atoms with Gasteiger partial charge in [-0.05, 0) is 48.4 Å². The van der Waals surface area contributed by atoms with E-state index >= 15 is 0 Å². The first-order valence-corrected chi connectivity index (χ1v) is 7.36. The third kappa shape index (κ3) is 3.83. The molecule has 2 aromatic carbocycles. The summed E-state index contributed by atoms with van der Waals surface area (Å²) in [6.45, 7) is 0. The zero-order valence-electron chi connectivity index (χ0n) is 12.4. The number of rotatable bonds is 5. The SMILES string of the molecule is O=C(CCc1ccccc1F)Nc1ccc(-n2cccn2)cc1. The van der Waals surface area contributed by atoms with E-state index in [1.54, 1.807) is 29.1 Å². The molecule has 0 aliphatic carbocycles. The minimum atomic E-state index is -0.274. The van der Waals surface area contributed by atoms with Gasteiger partial charge in [0.2, 0.25) is 5.91 Å². The van der Waals surface area contributed by atoms with E-state index in [9.17, 15) is 9.18 Å². The van der Waals surface area contributed by atoms with Crippen LogP contribution < -0.4 is 5.32 Å². The molecule has 0 unspecified atom stereocenters. The van der Waals surface area contributed by atoms with Crippen molar-refractivity contribution in [3.05, 3.63) is 78.4 Å². The fraction of sp³-hybridized carbons (Fsp3) is 0.111. The highest BCUT2D eigenvalue weighted by Gasteiger charge is 2.06. The Morgan fingerprint density at radius 1 is 1.09 bits per heavy atom. The van der Waals surface area contributed by atoms with Crippen LogP contribution in [0.15, 0.2) is 67.0 Å². The molecule has 3 rings (SSSR count). The summed E-state index contributed by atoms with van der Waals surface area (Å²) >= 11 is 0. The van der Waals surface area contributed by atoms with E-state index in [0.29, 0.717) is 17.7 Å². The highest BCUT2D eigenvalue weighted by molar-refractivity contribution is 5.90. The van der Waals surface area contributed by atoms with Gasteiger partial charge in [0.25, 0.3) is 0 Å². The molecule has 0 saturated carbocycles. The van der Waals surface area contributed by atoms with Crippen LogP contribution in [0.4, 0.5) is 10.1 Å². The van der Waals surface area contributed by atoms with Crippen molar-refractivity contribution in [2.24, 2.45) is 0 Å². The third-order valence-electron chi connectivity index (χ3n) is 3.50. The second-order valence-corrected chi connectivity index (χ2v) is 5.14. The number of hydrogen-bond acceptors (Lipinski definition) is 2. The number of carbonyl (C=O) groups is 1. The van der Waals surface area contributed by atoms with Gasteiger partial charge in [0.05, 0.1) is 5.69 Å². The molecule has 1 aromatic heterocycles. The van der Waals surface area contributed by atoms with E-state index in [-0.39, 0.29) is 18.1 Å². The molecule has 1 heterocycles. The molecular weight excluding hydrogens is 293 g/mol. The lowest BCUT2D eigenvalue weighted by molar-refractivity contribution is -0.116. The number of halogens is 1. The molecule has 116 valence electrons. The smallest absolute Gasteiger partial charge is 0.224 e. The molecule has 1 N–H and O–H groups in total. The van der Waals surface area contributed by atoms with E-state index in [1.165, 1.54) is 6.07 Å². The molecule has 4 nitrogen and oxygen atoms in total. The van der Waals surface area contributed by atoms with E-state index in [4.69, 9.17) is 0 Å². The molecular formula is C18H16FN3O. The molecule has 0 spiro atoms. The van der Waals surface area contributed by atoms with Gasteiger partial charge in [0.15, 0.2) is 0 Å². The molecule has 0 bridgehead atoms. The van der Waals surface area contributed by atoms with Crippen molar-refractivity contribution in [1.29, 1.82) is 0 Å². The summed E-state index contributed by atoms with van der Waals surface area (Å²) in [6, 6.07) is 15.7. The van der Waals surface area contributed by atoms with Gasteiger partial charge in [-0.25, -0.2) is 9.07 Å². The van der Waals surface area contributed by atoms with Crippen LogP contribution in [-0.4, -0.2) is 15.7 Å². The first-order valence-electron chi connectivity index (χ1n) is 7.36. The molecule has 1 amide bonds. The Balaban J connectivity index is 1.57. The topological polar surface area (TPSA) is 46.9 Å². The number of nitrogens with one attached hydrogen (secondary N) is 1. The number of nitrogens with zero attached hydrogens (tertiary/aromatic N) is 2. The van der Waals surface area contributed by atoms with Gasteiger partial charge in [-0.1, -0.05) is 18.2 Å². The van der Waals surface area contributed by atoms with Crippen LogP contribution in [0.25, 0.3) is 5.69 Å². The van der Waals surface area contributed by atoms with Gasteiger partial charge in [-0.2, -0.15) is 5.10 Å². The van der Waals surface area contributed by atoms with Crippen molar-refractivity contribution >= 4 is 11.6 Å². The van der Waals surface area contributed by atoms with Crippen LogP contribution in [0.2, 0.25) is 0 Å². The fourth-order valence-electron chi connectivity index (χ4n) is 2.29. The average molecular weight is 309 g/mol. The maximum atomic E-state index is 13.5. The molecule has 0 atom stereocenters.